The van der Waals surface area contributed by atoms with Crippen molar-refractivity contribution >= 4 is 29.3 Å². The molecule has 8 nitrogen and oxygen atoms in total. The van der Waals surface area contributed by atoms with Crippen LogP contribution in [0.25, 0.3) is 0 Å². The Kier molecular flexibility index (Phi) is 5.81. The summed E-state index contributed by atoms with van der Waals surface area (Å²) >= 11 is 0. The van der Waals surface area contributed by atoms with Crippen LogP contribution in [0.5, 0.6) is 0 Å². The van der Waals surface area contributed by atoms with Crippen molar-refractivity contribution in [1.29, 1.82) is 0 Å². The second-order valence-electron chi connectivity index (χ2n) is 7.85. The molecule has 2 heterocycles. The van der Waals surface area contributed by atoms with Gasteiger partial charge in [-0.25, -0.2) is 0 Å². The van der Waals surface area contributed by atoms with Crippen molar-refractivity contribution < 1.29 is 19.2 Å². The molecule has 160 valence electrons. The molecule has 4 N–H and O–H groups in total. The number of amides is 4. The fraction of sp³-hybridized carbons (Fsp3) is 0.304. The Morgan fingerprint density at radius 3 is 2.58 bits per heavy atom. The Morgan fingerprint density at radius 2 is 1.81 bits per heavy atom. The molecule has 2 aromatic carbocycles. The first-order valence-electron chi connectivity index (χ1n) is 10.3. The number of nitrogens with one attached hydrogen (secondary N) is 2. The Hall–Kier alpha value is -3.52. The van der Waals surface area contributed by atoms with Crippen LogP contribution in [0.15, 0.2) is 42.5 Å². The van der Waals surface area contributed by atoms with Crippen LogP contribution in [-0.4, -0.2) is 41.1 Å². The van der Waals surface area contributed by atoms with Gasteiger partial charge in [0.15, 0.2) is 0 Å². The molecule has 1 atom stereocenters. The lowest BCUT2D eigenvalue weighted by atomic mass is 10.0. The Bertz CT molecular complexity index is 1070. The Labute approximate surface area is 179 Å². The van der Waals surface area contributed by atoms with Gasteiger partial charge in [0.2, 0.25) is 11.8 Å². The van der Waals surface area contributed by atoms with Gasteiger partial charge in [-0.1, -0.05) is 18.2 Å². The third kappa shape index (κ3) is 4.34. The normalized spacial score (nSPS) is 18.3. The number of carbonyl (C=O) groups excluding carboxylic acids is 4. The van der Waals surface area contributed by atoms with Gasteiger partial charge in [-0.3, -0.25) is 29.4 Å². The minimum absolute atomic E-state index is 0.106. The molecule has 1 fully saturated rings. The molecule has 4 rings (SSSR count). The molecular weight excluding hydrogens is 396 g/mol. The molecule has 0 spiro atoms. The van der Waals surface area contributed by atoms with Crippen molar-refractivity contribution in [2.24, 2.45) is 0 Å². The summed E-state index contributed by atoms with van der Waals surface area (Å²) in [4.78, 5) is 50.1. The Morgan fingerprint density at radius 1 is 1.00 bits per heavy atom. The molecule has 8 heteroatoms. The molecule has 31 heavy (non-hydrogen) atoms. The number of nitrogen functional groups attached to an aromatic ring is 1. The minimum Gasteiger partial charge on any atom is -0.399 e. The van der Waals surface area contributed by atoms with Crippen LogP contribution in [0.3, 0.4) is 0 Å². The van der Waals surface area contributed by atoms with Crippen LogP contribution in [0.4, 0.5) is 5.69 Å². The number of nitrogens with zero attached hydrogens (tertiary/aromatic N) is 1. The molecule has 0 saturated carbocycles. The van der Waals surface area contributed by atoms with Gasteiger partial charge in [0, 0.05) is 18.7 Å². The summed E-state index contributed by atoms with van der Waals surface area (Å²) in [5.74, 6) is -1.97. The SMILES string of the molecule is Nc1cccc(CCCNCc2ccc3c(c2)C(=O)N(C2CCC(=O)NC2=O)C3=O)c1. The monoisotopic (exact) mass is 420 g/mol. The van der Waals surface area contributed by atoms with E-state index < -0.39 is 23.8 Å². The Balaban J connectivity index is 1.35. The number of carbonyl (C=O) groups is 4. The van der Waals surface area contributed by atoms with Crippen molar-refractivity contribution in [3.05, 3.63) is 64.7 Å². The number of anilines is 1. The van der Waals surface area contributed by atoms with E-state index in [1.165, 1.54) is 5.56 Å². The van der Waals surface area contributed by atoms with Gasteiger partial charge in [0.1, 0.15) is 6.04 Å². The number of fused-ring (bicyclic) bond motifs is 1. The van der Waals surface area contributed by atoms with Gasteiger partial charge in [0.25, 0.3) is 11.8 Å². The first kappa shape index (κ1) is 20.7. The lowest BCUT2D eigenvalue weighted by Crippen LogP contribution is -2.54. The molecule has 2 aromatic rings. The van der Waals surface area contributed by atoms with Crippen molar-refractivity contribution in [1.82, 2.24) is 15.5 Å². The number of piperidine rings is 1. The standard InChI is InChI=1S/C23H24N4O4/c24-16-5-1-3-14(11-16)4-2-10-25-13-15-6-7-17-18(12-15)23(31)27(22(17)30)19-8-9-20(28)26-21(19)29/h1,3,5-7,11-12,19,25H,2,4,8-10,13,24H2,(H,26,28,29). The number of rotatable bonds is 7. The number of benzene rings is 2. The summed E-state index contributed by atoms with van der Waals surface area (Å²) in [7, 11) is 0. The molecule has 0 bridgehead atoms. The highest BCUT2D eigenvalue weighted by Gasteiger charge is 2.44. The van der Waals surface area contributed by atoms with Crippen molar-refractivity contribution in [3.63, 3.8) is 0 Å². The van der Waals surface area contributed by atoms with E-state index in [0.717, 1.165) is 35.5 Å². The average molecular weight is 420 g/mol. The van der Waals surface area contributed by atoms with E-state index in [1.54, 1.807) is 12.1 Å². The van der Waals surface area contributed by atoms with Gasteiger partial charge < -0.3 is 11.1 Å². The van der Waals surface area contributed by atoms with Crippen molar-refractivity contribution in [2.75, 3.05) is 12.3 Å². The molecule has 2 aliphatic heterocycles. The lowest BCUT2D eigenvalue weighted by Gasteiger charge is -2.27. The first-order chi connectivity index (χ1) is 14.9. The van der Waals surface area contributed by atoms with Gasteiger partial charge in [-0.05, 0) is 61.2 Å². The zero-order chi connectivity index (χ0) is 22.0. The summed E-state index contributed by atoms with van der Waals surface area (Å²) in [6.45, 7) is 1.35. The smallest absolute Gasteiger partial charge is 0.262 e. The zero-order valence-corrected chi connectivity index (χ0v) is 17.0. The summed E-state index contributed by atoms with van der Waals surface area (Å²) < 4.78 is 0. The highest BCUT2D eigenvalue weighted by Crippen LogP contribution is 2.28. The maximum atomic E-state index is 12.9. The van der Waals surface area contributed by atoms with E-state index in [2.05, 4.69) is 10.6 Å². The van der Waals surface area contributed by atoms with E-state index in [1.807, 2.05) is 30.3 Å². The fourth-order valence-corrected chi connectivity index (χ4v) is 4.03. The van der Waals surface area contributed by atoms with E-state index >= 15 is 0 Å². The van der Waals surface area contributed by atoms with E-state index in [-0.39, 0.29) is 18.7 Å². The second-order valence-corrected chi connectivity index (χ2v) is 7.85. The third-order valence-corrected chi connectivity index (χ3v) is 5.60. The summed E-state index contributed by atoms with van der Waals surface area (Å²) in [5, 5.41) is 5.55. The van der Waals surface area contributed by atoms with Gasteiger partial charge in [0.05, 0.1) is 11.1 Å². The summed E-state index contributed by atoms with van der Waals surface area (Å²) in [6.07, 6.45) is 2.11. The molecule has 1 saturated heterocycles. The number of hydrogen-bond donors (Lipinski definition) is 3. The average Bonchev–Trinajstić information content (AvgIpc) is 2.98. The van der Waals surface area contributed by atoms with Crippen molar-refractivity contribution in [2.45, 2.75) is 38.3 Å². The molecule has 4 amide bonds. The molecule has 0 aromatic heterocycles. The fourth-order valence-electron chi connectivity index (χ4n) is 4.03. The van der Waals surface area contributed by atoms with Gasteiger partial charge >= 0.3 is 0 Å². The first-order valence-corrected chi connectivity index (χ1v) is 10.3. The van der Waals surface area contributed by atoms with Crippen molar-refractivity contribution in [3.8, 4) is 0 Å². The minimum atomic E-state index is -0.946. The highest BCUT2D eigenvalue weighted by molar-refractivity contribution is 6.23. The molecule has 0 aliphatic carbocycles. The molecule has 2 aliphatic rings. The second kappa shape index (κ2) is 8.69. The largest absolute Gasteiger partial charge is 0.399 e. The number of nitrogens with two attached hydrogens (primary N) is 1. The van der Waals surface area contributed by atoms with E-state index in [4.69, 9.17) is 5.73 Å². The van der Waals surface area contributed by atoms with Crippen LogP contribution in [0, 0.1) is 0 Å². The van der Waals surface area contributed by atoms with E-state index in [9.17, 15) is 19.2 Å². The molecular formula is C23H24N4O4. The zero-order valence-electron chi connectivity index (χ0n) is 17.0. The lowest BCUT2D eigenvalue weighted by molar-refractivity contribution is -0.136. The topological polar surface area (TPSA) is 122 Å². The molecule has 1 unspecified atom stereocenters. The maximum Gasteiger partial charge on any atom is 0.262 e. The number of hydrogen-bond acceptors (Lipinski definition) is 6. The van der Waals surface area contributed by atoms with Crippen LogP contribution in [0.1, 0.15) is 51.1 Å². The van der Waals surface area contributed by atoms with Crippen LogP contribution < -0.4 is 16.4 Å². The summed E-state index contributed by atoms with van der Waals surface area (Å²) in [6, 6.07) is 12.0. The summed E-state index contributed by atoms with van der Waals surface area (Å²) in [5.41, 5.74) is 9.22. The van der Waals surface area contributed by atoms with Crippen LogP contribution in [0.2, 0.25) is 0 Å². The predicted molar refractivity (Wildman–Crippen MR) is 114 cm³/mol. The van der Waals surface area contributed by atoms with Gasteiger partial charge in [-0.2, -0.15) is 0 Å². The third-order valence-electron chi connectivity index (χ3n) is 5.60. The van der Waals surface area contributed by atoms with Crippen LogP contribution in [-0.2, 0) is 22.6 Å². The van der Waals surface area contributed by atoms with Gasteiger partial charge in [-0.15, -0.1) is 0 Å². The number of aryl methyl sites for hydroxylation is 1. The quantitative estimate of drug-likeness (QED) is 0.354. The molecule has 0 radical (unpaired) electrons. The van der Waals surface area contributed by atoms with E-state index in [0.29, 0.717) is 17.7 Å². The predicted octanol–water partition coefficient (Wildman–Crippen LogP) is 1.39. The number of imide groups is 2. The highest BCUT2D eigenvalue weighted by atomic mass is 16.2. The van der Waals surface area contributed by atoms with Crippen LogP contribution >= 0.6 is 0 Å². The maximum absolute atomic E-state index is 12.9.